The zero-order valence-electron chi connectivity index (χ0n) is 21.8. The third-order valence-electron chi connectivity index (χ3n) is 7.48. The molecule has 37 heavy (non-hydrogen) atoms. The molecule has 3 aromatic rings. The molecule has 3 unspecified atom stereocenters. The van der Waals surface area contributed by atoms with Gasteiger partial charge < -0.3 is 14.8 Å². The number of halogens is 1. The summed E-state index contributed by atoms with van der Waals surface area (Å²) in [5.41, 5.74) is 2.04. The van der Waals surface area contributed by atoms with Gasteiger partial charge in [-0.05, 0) is 73.9 Å². The number of aromatic nitrogens is 2. The highest BCUT2D eigenvalue weighted by atomic mass is 35.5. The van der Waals surface area contributed by atoms with E-state index in [1.807, 2.05) is 29.1 Å². The number of hydrogen-bond acceptors (Lipinski definition) is 5. The van der Waals surface area contributed by atoms with Crippen LogP contribution in [0.15, 0.2) is 42.6 Å². The van der Waals surface area contributed by atoms with Crippen LogP contribution >= 0.6 is 11.6 Å². The first kappa shape index (κ1) is 27.1. The van der Waals surface area contributed by atoms with E-state index in [2.05, 4.69) is 12.2 Å². The van der Waals surface area contributed by atoms with Crippen molar-refractivity contribution in [3.8, 4) is 5.75 Å². The molecule has 0 saturated heterocycles. The largest absolute Gasteiger partial charge is 0.495 e. The molecule has 4 rings (SSSR count). The van der Waals surface area contributed by atoms with Gasteiger partial charge >= 0.3 is 0 Å². The minimum Gasteiger partial charge on any atom is -0.495 e. The second-order valence-electron chi connectivity index (χ2n) is 10.0. The SMILES string of the molecule is COCCNC(=O)c1ccc2nn(CC3CCCC(C(=O)c4ccc(Cl)cc4)C(C)CC3)cc2c1OC. The van der Waals surface area contributed by atoms with E-state index in [1.165, 1.54) is 0 Å². The minimum atomic E-state index is -0.194. The lowest BCUT2D eigenvalue weighted by atomic mass is 9.76. The van der Waals surface area contributed by atoms with Crippen LogP contribution in [0.3, 0.4) is 0 Å². The Bertz CT molecular complexity index is 1220. The van der Waals surface area contributed by atoms with Crippen molar-refractivity contribution in [1.29, 1.82) is 0 Å². The predicted molar refractivity (Wildman–Crippen MR) is 146 cm³/mol. The lowest BCUT2D eigenvalue weighted by Gasteiger charge is -2.29. The Morgan fingerprint density at radius 2 is 1.86 bits per heavy atom. The molecule has 198 valence electrons. The van der Waals surface area contributed by atoms with Crippen molar-refractivity contribution in [2.24, 2.45) is 17.8 Å². The van der Waals surface area contributed by atoms with Gasteiger partial charge in [-0.2, -0.15) is 5.10 Å². The summed E-state index contributed by atoms with van der Waals surface area (Å²) < 4.78 is 12.6. The number of ketones is 1. The molecule has 0 spiro atoms. The van der Waals surface area contributed by atoms with Crippen LogP contribution in [0.1, 0.15) is 59.7 Å². The van der Waals surface area contributed by atoms with E-state index in [4.69, 9.17) is 26.2 Å². The monoisotopic (exact) mass is 525 g/mol. The Labute approximate surface area is 223 Å². The molecule has 1 N–H and O–H groups in total. The maximum absolute atomic E-state index is 13.2. The first-order chi connectivity index (χ1) is 17.9. The Morgan fingerprint density at radius 1 is 1.08 bits per heavy atom. The Morgan fingerprint density at radius 3 is 2.59 bits per heavy atom. The first-order valence-corrected chi connectivity index (χ1v) is 13.4. The minimum absolute atomic E-state index is 0.0483. The van der Waals surface area contributed by atoms with Crippen LogP contribution < -0.4 is 10.1 Å². The summed E-state index contributed by atoms with van der Waals surface area (Å²) in [5.74, 6) is 1.42. The molecular weight excluding hydrogens is 490 g/mol. The Kier molecular flexibility index (Phi) is 9.22. The van der Waals surface area contributed by atoms with Crippen LogP contribution in [-0.4, -0.2) is 48.8 Å². The average molecular weight is 526 g/mol. The molecular formula is C29H36ClN3O4. The van der Waals surface area contributed by atoms with Gasteiger partial charge in [0.15, 0.2) is 5.78 Å². The molecule has 3 atom stereocenters. The molecule has 0 aliphatic heterocycles. The van der Waals surface area contributed by atoms with Gasteiger partial charge in [0.25, 0.3) is 5.91 Å². The fourth-order valence-electron chi connectivity index (χ4n) is 5.39. The van der Waals surface area contributed by atoms with Crippen molar-refractivity contribution in [3.05, 3.63) is 58.7 Å². The molecule has 7 nitrogen and oxygen atoms in total. The summed E-state index contributed by atoms with van der Waals surface area (Å²) in [4.78, 5) is 25.8. The zero-order chi connectivity index (χ0) is 26.4. The van der Waals surface area contributed by atoms with Crippen LogP contribution in [0.25, 0.3) is 10.9 Å². The summed E-state index contributed by atoms with van der Waals surface area (Å²) in [6.07, 6.45) is 6.99. The molecule has 1 fully saturated rings. The van der Waals surface area contributed by atoms with Gasteiger partial charge in [-0.3, -0.25) is 14.3 Å². The molecule has 0 radical (unpaired) electrons. The topological polar surface area (TPSA) is 82.5 Å². The number of rotatable bonds is 9. The molecule has 1 aromatic heterocycles. The van der Waals surface area contributed by atoms with Crippen LogP contribution in [0.4, 0.5) is 0 Å². The summed E-state index contributed by atoms with van der Waals surface area (Å²) in [7, 11) is 3.18. The Hall–Kier alpha value is -2.90. The molecule has 1 aliphatic rings. The van der Waals surface area contributed by atoms with Crippen LogP contribution in [-0.2, 0) is 11.3 Å². The quantitative estimate of drug-likeness (QED) is 0.282. The summed E-state index contributed by atoms with van der Waals surface area (Å²) in [5, 5.41) is 9.10. The van der Waals surface area contributed by atoms with Crippen molar-refractivity contribution in [3.63, 3.8) is 0 Å². The van der Waals surface area contributed by atoms with Gasteiger partial charge in [-0.1, -0.05) is 24.9 Å². The fraction of sp³-hybridized carbons (Fsp3) is 0.483. The van der Waals surface area contributed by atoms with Gasteiger partial charge in [0, 0.05) is 42.9 Å². The van der Waals surface area contributed by atoms with Gasteiger partial charge in [0.2, 0.25) is 0 Å². The number of carbonyl (C=O) groups excluding carboxylic acids is 2. The average Bonchev–Trinajstić information content (AvgIpc) is 3.30. The van der Waals surface area contributed by atoms with Gasteiger partial charge in [-0.15, -0.1) is 0 Å². The van der Waals surface area contributed by atoms with Crippen molar-refractivity contribution in [2.45, 2.75) is 45.6 Å². The second kappa shape index (κ2) is 12.6. The number of nitrogens with one attached hydrogen (secondary N) is 1. The second-order valence-corrected chi connectivity index (χ2v) is 10.4. The van der Waals surface area contributed by atoms with Crippen molar-refractivity contribution in [2.75, 3.05) is 27.4 Å². The number of hydrogen-bond donors (Lipinski definition) is 1. The van der Waals surface area contributed by atoms with Crippen LogP contribution in [0.5, 0.6) is 5.75 Å². The van der Waals surface area contributed by atoms with Gasteiger partial charge in [0.05, 0.1) is 30.2 Å². The van der Waals surface area contributed by atoms with Crippen molar-refractivity contribution in [1.82, 2.24) is 15.1 Å². The number of fused-ring (bicyclic) bond motifs is 1. The van der Waals surface area contributed by atoms with E-state index >= 15 is 0 Å². The van der Waals surface area contributed by atoms with Crippen LogP contribution in [0, 0.1) is 17.8 Å². The van der Waals surface area contributed by atoms with E-state index in [0.29, 0.717) is 41.3 Å². The standard InChI is InChI=1S/C29H36ClN3O4/c1-19-7-8-20(5-4-6-23(19)27(34)21-9-11-22(30)12-10-21)17-33-18-25-26(32-33)14-13-24(28(25)37-3)29(35)31-15-16-36-2/h9-14,18-20,23H,4-8,15-17H2,1-3H3,(H,31,35). The molecule has 8 heteroatoms. The van der Waals surface area contributed by atoms with Gasteiger partial charge in [-0.25, -0.2) is 0 Å². The number of nitrogens with zero attached hydrogens (tertiary/aromatic N) is 2. The zero-order valence-corrected chi connectivity index (χ0v) is 22.6. The number of methoxy groups -OCH3 is 2. The number of amides is 1. The smallest absolute Gasteiger partial charge is 0.255 e. The normalized spacial score (nSPS) is 20.3. The Balaban J connectivity index is 1.42. The van der Waals surface area contributed by atoms with E-state index in [1.54, 1.807) is 32.4 Å². The predicted octanol–water partition coefficient (Wildman–Crippen LogP) is 5.79. The summed E-state index contributed by atoms with van der Waals surface area (Å²) in [6.45, 7) is 3.88. The third kappa shape index (κ3) is 6.51. The lowest BCUT2D eigenvalue weighted by molar-refractivity contribution is 0.0841. The molecule has 1 amide bonds. The van der Waals surface area contributed by atoms with E-state index < -0.39 is 0 Å². The molecule has 1 aliphatic carbocycles. The number of ether oxygens (including phenoxy) is 2. The number of Topliss-reactive ketones (excluding diaryl/α,β-unsaturated/α-hetero) is 1. The highest BCUT2D eigenvalue weighted by Crippen LogP contribution is 2.34. The van der Waals surface area contributed by atoms with Crippen molar-refractivity contribution >= 4 is 34.2 Å². The summed E-state index contributed by atoms with van der Waals surface area (Å²) >= 11 is 6.00. The molecule has 1 heterocycles. The van der Waals surface area contributed by atoms with E-state index in [0.717, 1.165) is 55.1 Å². The van der Waals surface area contributed by atoms with Crippen molar-refractivity contribution < 1.29 is 19.1 Å². The highest BCUT2D eigenvalue weighted by molar-refractivity contribution is 6.30. The van der Waals surface area contributed by atoms with Gasteiger partial charge in [0.1, 0.15) is 5.75 Å². The van der Waals surface area contributed by atoms with Crippen LogP contribution in [0.2, 0.25) is 5.02 Å². The number of benzene rings is 2. The fourth-order valence-corrected chi connectivity index (χ4v) is 5.52. The molecule has 1 saturated carbocycles. The summed E-state index contributed by atoms with van der Waals surface area (Å²) in [6, 6.07) is 10.9. The van der Waals surface area contributed by atoms with E-state index in [9.17, 15) is 9.59 Å². The number of carbonyl (C=O) groups is 2. The lowest BCUT2D eigenvalue weighted by Crippen LogP contribution is -2.27. The third-order valence-corrected chi connectivity index (χ3v) is 7.74. The van der Waals surface area contributed by atoms with E-state index in [-0.39, 0.29) is 17.6 Å². The maximum Gasteiger partial charge on any atom is 0.255 e. The highest BCUT2D eigenvalue weighted by Gasteiger charge is 2.29. The first-order valence-electron chi connectivity index (χ1n) is 13.0. The maximum atomic E-state index is 13.2. The molecule has 0 bridgehead atoms. The molecule has 2 aromatic carbocycles.